The second kappa shape index (κ2) is 8.97. The van der Waals surface area contributed by atoms with Crippen molar-refractivity contribution in [1.82, 2.24) is 25.0 Å². The van der Waals surface area contributed by atoms with Gasteiger partial charge in [0, 0.05) is 45.2 Å². The Morgan fingerprint density at radius 3 is 2.41 bits per heavy atom. The second-order valence-corrected chi connectivity index (χ2v) is 8.41. The van der Waals surface area contributed by atoms with Crippen LogP contribution < -0.4 is 15.5 Å². The molecular formula is C22H29N7O3. The molecule has 0 radical (unpaired) electrons. The fourth-order valence-electron chi connectivity index (χ4n) is 4.31. The van der Waals surface area contributed by atoms with E-state index in [1.807, 2.05) is 36.9 Å². The molecule has 0 bridgehead atoms. The van der Waals surface area contributed by atoms with Crippen molar-refractivity contribution in [3.05, 3.63) is 35.2 Å². The number of rotatable bonds is 5. The second-order valence-electron chi connectivity index (χ2n) is 8.41. The Hall–Kier alpha value is -3.43. The molecule has 3 heterocycles. The summed E-state index contributed by atoms with van der Waals surface area (Å²) in [6.45, 7) is 7.91. The van der Waals surface area contributed by atoms with Gasteiger partial charge in [0.1, 0.15) is 6.54 Å². The number of carbonyl (C=O) groups excluding carboxylic acids is 3. The van der Waals surface area contributed by atoms with E-state index in [0.717, 1.165) is 16.8 Å². The molecule has 1 unspecified atom stereocenters. The first-order valence-electron chi connectivity index (χ1n) is 10.9. The minimum atomic E-state index is -0.268. The number of anilines is 2. The zero-order chi connectivity index (χ0) is 22.8. The maximum absolute atomic E-state index is 13.0. The summed E-state index contributed by atoms with van der Waals surface area (Å²) in [6, 6.07) is 5.61. The molecule has 0 spiro atoms. The molecule has 2 fully saturated rings. The molecule has 2 aliphatic heterocycles. The van der Waals surface area contributed by atoms with E-state index in [2.05, 4.69) is 20.8 Å². The van der Waals surface area contributed by atoms with E-state index in [9.17, 15) is 14.4 Å². The average molecular weight is 440 g/mol. The number of aromatic nitrogens is 3. The first-order chi connectivity index (χ1) is 15.3. The van der Waals surface area contributed by atoms with Crippen LogP contribution in [0.4, 0.5) is 11.6 Å². The fraction of sp³-hybridized carbons (Fsp3) is 0.500. The van der Waals surface area contributed by atoms with Crippen LogP contribution in [0.1, 0.15) is 42.8 Å². The number of amides is 3. The number of nitrogens with zero attached hydrogens (tertiary/aromatic N) is 5. The quantitative estimate of drug-likeness (QED) is 0.723. The minimum Gasteiger partial charge on any atom is -0.346 e. The summed E-state index contributed by atoms with van der Waals surface area (Å²) >= 11 is 0. The van der Waals surface area contributed by atoms with Gasteiger partial charge in [-0.2, -0.15) is 0 Å². The summed E-state index contributed by atoms with van der Waals surface area (Å²) < 4.78 is 1.79. The van der Waals surface area contributed by atoms with Gasteiger partial charge < -0.3 is 20.4 Å². The Morgan fingerprint density at radius 1 is 1.12 bits per heavy atom. The molecule has 32 heavy (non-hydrogen) atoms. The van der Waals surface area contributed by atoms with E-state index < -0.39 is 0 Å². The van der Waals surface area contributed by atoms with Gasteiger partial charge in [0.15, 0.2) is 5.82 Å². The molecule has 1 atom stereocenters. The van der Waals surface area contributed by atoms with Crippen molar-refractivity contribution in [3.63, 3.8) is 0 Å². The normalized spacial score (nSPS) is 18.6. The number of para-hydroxylation sites is 1. The third-order valence-corrected chi connectivity index (χ3v) is 6.12. The molecule has 1 aromatic heterocycles. The molecule has 2 N–H and O–H groups in total. The van der Waals surface area contributed by atoms with Crippen LogP contribution in [0.2, 0.25) is 0 Å². The summed E-state index contributed by atoms with van der Waals surface area (Å²) in [5.41, 5.74) is 2.79. The number of benzene rings is 1. The summed E-state index contributed by atoms with van der Waals surface area (Å²) in [5, 5.41) is 14.7. The number of hydrogen-bond donors (Lipinski definition) is 2. The highest BCUT2D eigenvalue weighted by Crippen LogP contribution is 2.27. The molecular weight excluding hydrogens is 410 g/mol. The lowest BCUT2D eigenvalue weighted by Crippen LogP contribution is -2.49. The molecule has 10 heteroatoms. The lowest BCUT2D eigenvalue weighted by Gasteiger charge is -2.34. The predicted molar refractivity (Wildman–Crippen MR) is 119 cm³/mol. The predicted octanol–water partition coefficient (Wildman–Crippen LogP) is 1.15. The van der Waals surface area contributed by atoms with Crippen LogP contribution >= 0.6 is 0 Å². The van der Waals surface area contributed by atoms with Crippen molar-refractivity contribution in [1.29, 1.82) is 0 Å². The van der Waals surface area contributed by atoms with Gasteiger partial charge in [-0.3, -0.25) is 19.0 Å². The number of carbonyl (C=O) groups is 3. The van der Waals surface area contributed by atoms with Gasteiger partial charge in [-0.1, -0.05) is 18.2 Å². The first kappa shape index (κ1) is 21.8. The molecule has 2 aromatic rings. The lowest BCUT2D eigenvalue weighted by molar-refractivity contribution is -0.129. The van der Waals surface area contributed by atoms with Gasteiger partial charge in [0.2, 0.25) is 23.7 Å². The standard InChI is InChI=1S/C22H29N7O3/c1-14-5-4-6-15(2)20(14)24-19(32)13-29-21(17-7-8-18(31)23-17)25-26-22(29)28-11-9-27(10-12-28)16(3)30/h4-6,17H,7-13H2,1-3H3,(H,23,31)(H,24,32). The van der Waals surface area contributed by atoms with Crippen LogP contribution in [-0.4, -0.2) is 63.6 Å². The summed E-state index contributed by atoms with van der Waals surface area (Å²) in [5.74, 6) is 1.00. The maximum atomic E-state index is 13.0. The van der Waals surface area contributed by atoms with Crippen molar-refractivity contribution in [2.45, 2.75) is 46.2 Å². The van der Waals surface area contributed by atoms with Crippen molar-refractivity contribution < 1.29 is 14.4 Å². The monoisotopic (exact) mass is 439 g/mol. The zero-order valence-electron chi connectivity index (χ0n) is 18.7. The summed E-state index contributed by atoms with van der Waals surface area (Å²) in [4.78, 5) is 40.3. The fourth-order valence-corrected chi connectivity index (χ4v) is 4.31. The molecule has 4 rings (SSSR count). The molecule has 0 aliphatic carbocycles. The molecule has 1 aromatic carbocycles. The van der Waals surface area contributed by atoms with Crippen LogP contribution in [0.5, 0.6) is 0 Å². The van der Waals surface area contributed by atoms with Gasteiger partial charge in [-0.05, 0) is 31.4 Å². The number of hydrogen-bond acceptors (Lipinski definition) is 6. The van der Waals surface area contributed by atoms with Crippen LogP contribution in [0.25, 0.3) is 0 Å². The molecule has 2 aliphatic rings. The minimum absolute atomic E-state index is 0.0267. The SMILES string of the molecule is CC(=O)N1CCN(c2nnc(C3CCC(=O)N3)n2CC(=O)Nc2c(C)cccc2C)CC1. The Bertz CT molecular complexity index is 1020. The summed E-state index contributed by atoms with van der Waals surface area (Å²) in [6.07, 6.45) is 1.05. The maximum Gasteiger partial charge on any atom is 0.244 e. The van der Waals surface area contributed by atoms with Crippen molar-refractivity contribution in [2.24, 2.45) is 0 Å². The highest BCUT2D eigenvalue weighted by atomic mass is 16.2. The van der Waals surface area contributed by atoms with E-state index in [0.29, 0.717) is 50.8 Å². The number of aryl methyl sites for hydroxylation is 2. The summed E-state index contributed by atoms with van der Waals surface area (Å²) in [7, 11) is 0. The largest absolute Gasteiger partial charge is 0.346 e. The van der Waals surface area contributed by atoms with E-state index in [4.69, 9.17) is 0 Å². The topological polar surface area (TPSA) is 112 Å². The van der Waals surface area contributed by atoms with Crippen molar-refractivity contribution >= 4 is 29.4 Å². The Morgan fingerprint density at radius 2 is 1.81 bits per heavy atom. The van der Waals surface area contributed by atoms with E-state index >= 15 is 0 Å². The van der Waals surface area contributed by atoms with E-state index in [-0.39, 0.29) is 30.3 Å². The van der Waals surface area contributed by atoms with Gasteiger partial charge in [0.05, 0.1) is 6.04 Å². The van der Waals surface area contributed by atoms with Crippen molar-refractivity contribution in [2.75, 3.05) is 36.4 Å². The average Bonchev–Trinajstić information content (AvgIpc) is 3.37. The smallest absolute Gasteiger partial charge is 0.244 e. The lowest BCUT2D eigenvalue weighted by atomic mass is 10.1. The van der Waals surface area contributed by atoms with Crippen LogP contribution in [-0.2, 0) is 20.9 Å². The van der Waals surface area contributed by atoms with Crippen LogP contribution in [0, 0.1) is 13.8 Å². The third-order valence-electron chi connectivity index (χ3n) is 6.12. The Balaban J connectivity index is 1.58. The van der Waals surface area contributed by atoms with Gasteiger partial charge in [-0.25, -0.2) is 0 Å². The highest BCUT2D eigenvalue weighted by Gasteiger charge is 2.31. The Labute approximate surface area is 187 Å². The van der Waals surface area contributed by atoms with Gasteiger partial charge in [-0.15, -0.1) is 10.2 Å². The van der Waals surface area contributed by atoms with E-state index in [1.165, 1.54) is 0 Å². The molecule has 0 saturated carbocycles. The Kier molecular flexibility index (Phi) is 6.11. The molecule has 10 nitrogen and oxygen atoms in total. The molecule has 170 valence electrons. The highest BCUT2D eigenvalue weighted by molar-refractivity contribution is 5.92. The van der Waals surface area contributed by atoms with Gasteiger partial charge >= 0.3 is 0 Å². The number of nitrogens with one attached hydrogen (secondary N) is 2. The zero-order valence-corrected chi connectivity index (χ0v) is 18.7. The first-order valence-corrected chi connectivity index (χ1v) is 10.9. The van der Waals surface area contributed by atoms with Crippen LogP contribution in [0.3, 0.4) is 0 Å². The molecule has 2 saturated heterocycles. The van der Waals surface area contributed by atoms with E-state index in [1.54, 1.807) is 16.4 Å². The van der Waals surface area contributed by atoms with Gasteiger partial charge in [0.25, 0.3) is 0 Å². The number of piperazine rings is 1. The van der Waals surface area contributed by atoms with Crippen molar-refractivity contribution in [3.8, 4) is 0 Å². The molecule has 3 amide bonds. The van der Waals surface area contributed by atoms with Crippen LogP contribution in [0.15, 0.2) is 18.2 Å². The third kappa shape index (κ3) is 4.44.